The number of aromatic nitrogens is 1. The maximum absolute atomic E-state index is 4.60. The van der Waals surface area contributed by atoms with E-state index in [2.05, 4.69) is 37.4 Å². The summed E-state index contributed by atoms with van der Waals surface area (Å²) in [6, 6.07) is 0. The Labute approximate surface area is 98.1 Å². The van der Waals surface area contributed by atoms with Crippen LogP contribution in [0.25, 0.3) is 0 Å². The van der Waals surface area contributed by atoms with E-state index in [9.17, 15) is 0 Å². The van der Waals surface area contributed by atoms with E-state index in [1.54, 1.807) is 11.5 Å². The minimum atomic E-state index is 0.314. The topological polar surface area (TPSA) is 12.9 Å². The average molecular weight is 225 g/mol. The molecule has 0 fully saturated rings. The van der Waals surface area contributed by atoms with Crippen molar-refractivity contribution in [2.75, 3.05) is 0 Å². The lowest BCUT2D eigenvalue weighted by molar-refractivity contribution is 0.374. The van der Waals surface area contributed by atoms with Gasteiger partial charge in [-0.3, -0.25) is 0 Å². The molecule has 0 saturated carbocycles. The van der Waals surface area contributed by atoms with Crippen LogP contribution in [0.2, 0.25) is 0 Å². The zero-order valence-electron chi connectivity index (χ0n) is 10.5. The minimum Gasteiger partial charge on any atom is -0.197 e. The maximum Gasteiger partial charge on any atom is 0.0630 e. The lowest BCUT2D eigenvalue weighted by Gasteiger charge is -2.28. The largest absolute Gasteiger partial charge is 0.197 e. The van der Waals surface area contributed by atoms with Crippen LogP contribution in [0.5, 0.6) is 0 Å². The number of nitrogens with zero attached hydrogens (tertiary/aromatic N) is 1. The predicted molar refractivity (Wildman–Crippen MR) is 68.6 cm³/mol. The van der Waals surface area contributed by atoms with E-state index in [0.29, 0.717) is 5.41 Å². The Morgan fingerprint density at radius 1 is 1.27 bits per heavy atom. The molecule has 1 rings (SSSR count). The highest BCUT2D eigenvalue weighted by Crippen LogP contribution is 2.35. The Bertz CT molecular complexity index is 292. The summed E-state index contributed by atoms with van der Waals surface area (Å²) in [4.78, 5) is 0. The van der Waals surface area contributed by atoms with Crippen LogP contribution < -0.4 is 0 Å². The van der Waals surface area contributed by atoms with E-state index < -0.39 is 0 Å². The van der Waals surface area contributed by atoms with Gasteiger partial charge in [-0.15, -0.1) is 0 Å². The van der Waals surface area contributed by atoms with E-state index in [-0.39, 0.29) is 0 Å². The third-order valence-corrected chi connectivity index (χ3v) is 3.95. The van der Waals surface area contributed by atoms with Crippen molar-refractivity contribution in [3.05, 3.63) is 16.6 Å². The molecule has 0 N–H and O–H groups in total. The van der Waals surface area contributed by atoms with E-state index in [1.165, 1.54) is 43.4 Å². The highest BCUT2D eigenvalue weighted by atomic mass is 32.1. The highest BCUT2D eigenvalue weighted by Gasteiger charge is 2.28. The summed E-state index contributed by atoms with van der Waals surface area (Å²) in [6.45, 7) is 9.11. The second-order valence-corrected chi connectivity index (χ2v) is 5.39. The van der Waals surface area contributed by atoms with Gasteiger partial charge in [0.25, 0.3) is 0 Å². The molecule has 1 aromatic rings. The molecule has 2 heteroatoms. The fourth-order valence-corrected chi connectivity index (χ4v) is 3.14. The molecule has 15 heavy (non-hydrogen) atoms. The van der Waals surface area contributed by atoms with Crippen molar-refractivity contribution in [3.8, 4) is 0 Å². The van der Waals surface area contributed by atoms with Crippen LogP contribution in [0.4, 0.5) is 0 Å². The van der Waals surface area contributed by atoms with E-state index >= 15 is 0 Å². The highest BCUT2D eigenvalue weighted by molar-refractivity contribution is 7.03. The standard InChI is InChI=1S/C13H23NS/c1-5-7-9-13(4,8-6-2)12-11(3)10-15-14-12/h10H,5-9H2,1-4H3. The number of unbranched alkanes of at least 4 members (excludes halogenated alkanes) is 1. The molecule has 86 valence electrons. The van der Waals surface area contributed by atoms with Crippen molar-refractivity contribution in [1.29, 1.82) is 0 Å². The van der Waals surface area contributed by atoms with Gasteiger partial charge in [0.05, 0.1) is 5.69 Å². The Morgan fingerprint density at radius 2 is 2.00 bits per heavy atom. The van der Waals surface area contributed by atoms with Gasteiger partial charge in [0.2, 0.25) is 0 Å². The van der Waals surface area contributed by atoms with Crippen molar-refractivity contribution >= 4 is 11.5 Å². The third-order valence-electron chi connectivity index (χ3n) is 3.20. The van der Waals surface area contributed by atoms with Gasteiger partial charge in [-0.1, -0.05) is 40.0 Å². The van der Waals surface area contributed by atoms with Crippen LogP contribution in [0.15, 0.2) is 5.38 Å². The molecule has 1 atom stereocenters. The molecule has 1 nitrogen and oxygen atoms in total. The van der Waals surface area contributed by atoms with Crippen molar-refractivity contribution in [3.63, 3.8) is 0 Å². The summed E-state index contributed by atoms with van der Waals surface area (Å²) < 4.78 is 4.60. The van der Waals surface area contributed by atoms with Crippen LogP contribution in [0, 0.1) is 6.92 Å². The molecule has 0 aliphatic carbocycles. The molecule has 0 amide bonds. The molecular weight excluding hydrogens is 202 g/mol. The molecule has 1 unspecified atom stereocenters. The molecule has 0 aliphatic rings. The number of rotatable bonds is 6. The zero-order valence-corrected chi connectivity index (χ0v) is 11.3. The monoisotopic (exact) mass is 225 g/mol. The van der Waals surface area contributed by atoms with E-state index in [1.807, 2.05) is 0 Å². The summed E-state index contributed by atoms with van der Waals surface area (Å²) >= 11 is 1.60. The Morgan fingerprint density at radius 3 is 2.47 bits per heavy atom. The second-order valence-electron chi connectivity index (χ2n) is 4.76. The molecule has 0 saturated heterocycles. The van der Waals surface area contributed by atoms with Crippen LogP contribution in [0.1, 0.15) is 64.1 Å². The molecule has 0 bridgehead atoms. The van der Waals surface area contributed by atoms with Gasteiger partial charge in [0.1, 0.15) is 0 Å². The molecule has 1 aromatic heterocycles. The van der Waals surface area contributed by atoms with Crippen molar-refractivity contribution in [2.24, 2.45) is 0 Å². The third kappa shape index (κ3) is 3.04. The van der Waals surface area contributed by atoms with Crippen molar-refractivity contribution in [1.82, 2.24) is 4.37 Å². The van der Waals surface area contributed by atoms with Gasteiger partial charge in [0, 0.05) is 10.8 Å². The van der Waals surface area contributed by atoms with Crippen LogP contribution >= 0.6 is 11.5 Å². The van der Waals surface area contributed by atoms with Gasteiger partial charge in [-0.2, -0.15) is 4.37 Å². The van der Waals surface area contributed by atoms with E-state index in [4.69, 9.17) is 0 Å². The van der Waals surface area contributed by atoms with Crippen LogP contribution in [0.3, 0.4) is 0 Å². The lowest BCUT2D eigenvalue weighted by Crippen LogP contribution is -2.23. The fourth-order valence-electron chi connectivity index (χ4n) is 2.35. The van der Waals surface area contributed by atoms with Gasteiger partial charge in [-0.05, 0) is 36.9 Å². The average Bonchev–Trinajstić information content (AvgIpc) is 2.62. The molecule has 0 radical (unpaired) electrons. The Kier molecular flexibility index (Phi) is 4.78. The Balaban J connectivity index is 2.85. The van der Waals surface area contributed by atoms with Crippen molar-refractivity contribution < 1.29 is 0 Å². The van der Waals surface area contributed by atoms with Crippen LogP contribution in [-0.4, -0.2) is 4.37 Å². The van der Waals surface area contributed by atoms with Crippen LogP contribution in [-0.2, 0) is 5.41 Å². The molecule has 1 heterocycles. The molecule has 0 spiro atoms. The molecule has 0 aromatic carbocycles. The summed E-state index contributed by atoms with van der Waals surface area (Å²) in [7, 11) is 0. The minimum absolute atomic E-state index is 0.314. The quantitative estimate of drug-likeness (QED) is 0.684. The van der Waals surface area contributed by atoms with E-state index in [0.717, 1.165) is 0 Å². The Hall–Kier alpha value is -0.370. The number of hydrogen-bond donors (Lipinski definition) is 0. The molecule has 0 aliphatic heterocycles. The maximum atomic E-state index is 4.60. The smallest absolute Gasteiger partial charge is 0.0630 e. The van der Waals surface area contributed by atoms with Gasteiger partial charge < -0.3 is 0 Å². The summed E-state index contributed by atoms with van der Waals surface area (Å²) in [5.41, 5.74) is 3.05. The van der Waals surface area contributed by atoms with Crippen molar-refractivity contribution in [2.45, 2.75) is 65.2 Å². The first-order valence-corrected chi connectivity index (χ1v) is 6.89. The number of hydrogen-bond acceptors (Lipinski definition) is 2. The first-order chi connectivity index (χ1) is 7.14. The first kappa shape index (κ1) is 12.7. The fraction of sp³-hybridized carbons (Fsp3) is 0.769. The predicted octanol–water partition coefficient (Wildman–Crippen LogP) is 4.70. The summed E-state index contributed by atoms with van der Waals surface area (Å²) in [5, 5.41) is 2.18. The lowest BCUT2D eigenvalue weighted by atomic mass is 9.77. The summed E-state index contributed by atoms with van der Waals surface area (Å²) in [5.74, 6) is 0. The van der Waals surface area contributed by atoms with Gasteiger partial charge in [0.15, 0.2) is 0 Å². The van der Waals surface area contributed by atoms with Gasteiger partial charge >= 0.3 is 0 Å². The SMILES string of the molecule is CCCCC(C)(CCC)c1nscc1C. The molecular formula is C13H23NS. The van der Waals surface area contributed by atoms with Gasteiger partial charge in [-0.25, -0.2) is 0 Å². The second kappa shape index (κ2) is 5.64. The zero-order chi connectivity index (χ0) is 11.3. The normalized spacial score (nSPS) is 15.2. The summed E-state index contributed by atoms with van der Waals surface area (Å²) in [6.07, 6.45) is 6.38. The number of aryl methyl sites for hydroxylation is 1. The first-order valence-electron chi connectivity index (χ1n) is 6.05.